The molecular weight excluding hydrogens is 194 g/mol. The molecule has 5 nitrogen and oxygen atoms in total. The van der Waals surface area contributed by atoms with E-state index in [0.717, 1.165) is 12.1 Å². The molecule has 0 amide bonds. The van der Waals surface area contributed by atoms with Crippen LogP contribution in [0.4, 0.5) is 0 Å². The van der Waals surface area contributed by atoms with E-state index < -0.39 is 0 Å². The number of aldehydes is 1. The molecule has 0 aliphatic heterocycles. The molecule has 0 radical (unpaired) electrons. The second-order valence-electron chi connectivity index (χ2n) is 3.17. The van der Waals surface area contributed by atoms with Gasteiger partial charge in [0.1, 0.15) is 12.1 Å². The van der Waals surface area contributed by atoms with E-state index in [4.69, 9.17) is 4.74 Å². The first-order valence-electron chi connectivity index (χ1n) is 4.63. The lowest BCUT2D eigenvalue weighted by Crippen LogP contribution is -2.00. The Labute approximate surface area is 86.7 Å². The van der Waals surface area contributed by atoms with Crippen LogP contribution >= 0.6 is 0 Å². The van der Waals surface area contributed by atoms with Crippen molar-refractivity contribution in [1.82, 2.24) is 14.6 Å². The Bertz CT molecular complexity index is 478. The first kappa shape index (κ1) is 9.79. The van der Waals surface area contributed by atoms with Crippen LogP contribution in [0.3, 0.4) is 0 Å². The fourth-order valence-electron chi connectivity index (χ4n) is 1.39. The number of pyridine rings is 1. The van der Waals surface area contributed by atoms with Crippen LogP contribution in [-0.4, -0.2) is 34.6 Å². The summed E-state index contributed by atoms with van der Waals surface area (Å²) in [6.45, 7) is 0.607. The molecular formula is C10H11N3O2. The number of rotatable bonds is 4. The van der Waals surface area contributed by atoms with Crippen molar-refractivity contribution in [3.8, 4) is 0 Å². The molecule has 0 fully saturated rings. The molecule has 0 unspecified atom stereocenters. The summed E-state index contributed by atoms with van der Waals surface area (Å²) in [4.78, 5) is 10.6. The molecule has 15 heavy (non-hydrogen) atoms. The van der Waals surface area contributed by atoms with E-state index >= 15 is 0 Å². The number of hydrogen-bond donors (Lipinski definition) is 0. The minimum absolute atomic E-state index is 0.605. The molecule has 0 saturated carbocycles. The number of carbonyl (C=O) groups is 1. The lowest BCUT2D eigenvalue weighted by molar-refractivity contribution is 0.112. The highest BCUT2D eigenvalue weighted by molar-refractivity contribution is 5.76. The second kappa shape index (κ2) is 4.18. The molecule has 0 aromatic carbocycles. The highest BCUT2D eigenvalue weighted by Gasteiger charge is 2.04. The molecule has 0 aliphatic rings. The molecule has 0 aliphatic carbocycles. The number of ether oxygens (including phenoxy) is 1. The third-order valence-electron chi connectivity index (χ3n) is 2.17. The summed E-state index contributed by atoms with van der Waals surface area (Å²) in [6.07, 6.45) is 3.30. The van der Waals surface area contributed by atoms with Crippen molar-refractivity contribution in [1.29, 1.82) is 0 Å². The molecule has 0 N–H and O–H groups in total. The van der Waals surface area contributed by atoms with Gasteiger partial charge in [-0.2, -0.15) is 0 Å². The van der Waals surface area contributed by atoms with Crippen LogP contribution < -0.4 is 0 Å². The van der Waals surface area contributed by atoms with E-state index in [1.54, 1.807) is 25.4 Å². The third kappa shape index (κ3) is 1.87. The van der Waals surface area contributed by atoms with Gasteiger partial charge in [0, 0.05) is 25.3 Å². The minimum atomic E-state index is 0.605. The van der Waals surface area contributed by atoms with Gasteiger partial charge in [-0.3, -0.25) is 9.20 Å². The summed E-state index contributed by atoms with van der Waals surface area (Å²) >= 11 is 0. The maximum absolute atomic E-state index is 10.6. The molecule has 2 aromatic heterocycles. The average Bonchev–Trinajstić information content (AvgIpc) is 2.68. The number of nitrogens with zero attached hydrogens (tertiary/aromatic N) is 3. The Morgan fingerprint density at radius 1 is 1.53 bits per heavy atom. The summed E-state index contributed by atoms with van der Waals surface area (Å²) in [5.74, 6) is 0.837. The maximum atomic E-state index is 10.6. The molecule has 0 bridgehead atoms. The zero-order chi connectivity index (χ0) is 10.7. The largest absolute Gasteiger partial charge is 0.384 e. The van der Waals surface area contributed by atoms with E-state index in [9.17, 15) is 4.79 Å². The van der Waals surface area contributed by atoms with Crippen LogP contribution in [0, 0.1) is 0 Å². The summed E-state index contributed by atoms with van der Waals surface area (Å²) < 4.78 is 6.82. The first-order chi connectivity index (χ1) is 7.35. The van der Waals surface area contributed by atoms with Crippen LogP contribution in [0.25, 0.3) is 5.65 Å². The fraction of sp³-hybridized carbons (Fsp3) is 0.300. The van der Waals surface area contributed by atoms with E-state index in [0.29, 0.717) is 24.2 Å². The molecule has 2 rings (SSSR count). The predicted octanol–water partition coefficient (Wildman–Crippen LogP) is 0.731. The summed E-state index contributed by atoms with van der Waals surface area (Å²) in [6, 6.07) is 3.44. The molecule has 78 valence electrons. The SMILES string of the molecule is COCCc1nnc2cc(C=O)ccn12. The number of hydrogen-bond acceptors (Lipinski definition) is 4. The van der Waals surface area contributed by atoms with Gasteiger partial charge in [-0.15, -0.1) is 10.2 Å². The van der Waals surface area contributed by atoms with Crippen LogP contribution in [-0.2, 0) is 11.2 Å². The van der Waals surface area contributed by atoms with E-state index in [1.165, 1.54) is 0 Å². The Balaban J connectivity index is 2.38. The van der Waals surface area contributed by atoms with Crippen molar-refractivity contribution < 1.29 is 9.53 Å². The average molecular weight is 205 g/mol. The number of methoxy groups -OCH3 is 1. The normalized spacial score (nSPS) is 10.7. The summed E-state index contributed by atoms with van der Waals surface area (Å²) in [5.41, 5.74) is 1.29. The first-order valence-corrected chi connectivity index (χ1v) is 4.63. The van der Waals surface area contributed by atoms with Crippen molar-refractivity contribution >= 4 is 11.9 Å². The van der Waals surface area contributed by atoms with Crippen LogP contribution in [0.5, 0.6) is 0 Å². The Morgan fingerprint density at radius 3 is 3.13 bits per heavy atom. The lowest BCUT2D eigenvalue weighted by atomic mass is 10.3. The van der Waals surface area contributed by atoms with Gasteiger partial charge in [0.05, 0.1) is 6.61 Å². The zero-order valence-electron chi connectivity index (χ0n) is 8.38. The van der Waals surface area contributed by atoms with Crippen molar-refractivity contribution in [3.05, 3.63) is 29.7 Å². The molecule has 0 saturated heterocycles. The fourth-order valence-corrected chi connectivity index (χ4v) is 1.39. The number of aromatic nitrogens is 3. The van der Waals surface area contributed by atoms with Gasteiger partial charge >= 0.3 is 0 Å². The number of carbonyl (C=O) groups excluding carboxylic acids is 1. The van der Waals surface area contributed by atoms with E-state index in [2.05, 4.69) is 10.2 Å². The van der Waals surface area contributed by atoms with Gasteiger partial charge in [0.15, 0.2) is 5.65 Å². The monoisotopic (exact) mass is 205 g/mol. The van der Waals surface area contributed by atoms with Gasteiger partial charge in [-0.1, -0.05) is 0 Å². The van der Waals surface area contributed by atoms with Crippen LogP contribution in [0.1, 0.15) is 16.2 Å². The van der Waals surface area contributed by atoms with Gasteiger partial charge in [-0.25, -0.2) is 0 Å². The van der Waals surface area contributed by atoms with Crippen molar-refractivity contribution in [3.63, 3.8) is 0 Å². The highest BCUT2D eigenvalue weighted by atomic mass is 16.5. The van der Waals surface area contributed by atoms with Crippen molar-refractivity contribution in [2.45, 2.75) is 6.42 Å². The van der Waals surface area contributed by atoms with Gasteiger partial charge in [-0.05, 0) is 12.1 Å². The standard InChI is InChI=1S/C10H11N3O2/c1-15-5-3-9-11-12-10-6-8(7-14)2-4-13(9)10/h2,4,6-7H,3,5H2,1H3. The van der Waals surface area contributed by atoms with Crippen LogP contribution in [0.15, 0.2) is 18.3 Å². The van der Waals surface area contributed by atoms with E-state index in [1.807, 2.05) is 4.40 Å². The van der Waals surface area contributed by atoms with Crippen LogP contribution in [0.2, 0.25) is 0 Å². The molecule has 0 spiro atoms. The molecule has 0 atom stereocenters. The summed E-state index contributed by atoms with van der Waals surface area (Å²) in [5, 5.41) is 8.00. The Hall–Kier alpha value is -1.75. The molecule has 5 heteroatoms. The lowest BCUT2D eigenvalue weighted by Gasteiger charge is -1.98. The van der Waals surface area contributed by atoms with Crippen molar-refractivity contribution in [2.24, 2.45) is 0 Å². The maximum Gasteiger partial charge on any atom is 0.161 e. The van der Waals surface area contributed by atoms with Gasteiger partial charge in [0.25, 0.3) is 0 Å². The second-order valence-corrected chi connectivity index (χ2v) is 3.17. The topological polar surface area (TPSA) is 56.5 Å². The van der Waals surface area contributed by atoms with E-state index in [-0.39, 0.29) is 0 Å². The third-order valence-corrected chi connectivity index (χ3v) is 2.17. The summed E-state index contributed by atoms with van der Waals surface area (Å²) in [7, 11) is 1.65. The van der Waals surface area contributed by atoms with Gasteiger partial charge in [0.2, 0.25) is 0 Å². The quantitative estimate of drug-likeness (QED) is 0.690. The Morgan fingerprint density at radius 2 is 2.40 bits per heavy atom. The minimum Gasteiger partial charge on any atom is -0.384 e. The highest BCUT2D eigenvalue weighted by Crippen LogP contribution is 2.06. The van der Waals surface area contributed by atoms with Gasteiger partial charge < -0.3 is 4.74 Å². The Kier molecular flexibility index (Phi) is 2.73. The molecule has 2 aromatic rings. The smallest absolute Gasteiger partial charge is 0.161 e. The zero-order valence-corrected chi connectivity index (χ0v) is 8.38. The van der Waals surface area contributed by atoms with Crippen molar-refractivity contribution in [2.75, 3.05) is 13.7 Å². The number of fused-ring (bicyclic) bond motifs is 1. The molecule has 2 heterocycles. The predicted molar refractivity (Wildman–Crippen MR) is 54.0 cm³/mol.